The van der Waals surface area contributed by atoms with Crippen LogP contribution in [0, 0.1) is 13.8 Å². The number of carbonyl (C=O) groups is 2. The Bertz CT molecular complexity index is 2540. The first-order valence-electron chi connectivity index (χ1n) is 16.8. The van der Waals surface area contributed by atoms with E-state index in [0.29, 0.717) is 11.3 Å². The molecule has 2 amide bonds. The highest BCUT2D eigenvalue weighted by Gasteiger charge is 2.32. The average Bonchev–Trinajstić information content (AvgIpc) is 3.74. The maximum Gasteiger partial charge on any atom is 0.416 e. The zero-order valence-corrected chi connectivity index (χ0v) is 30.2. The third-order valence-corrected chi connectivity index (χ3v) is 9.77. The van der Waals surface area contributed by atoms with Crippen molar-refractivity contribution in [1.29, 1.82) is 0 Å². The van der Waals surface area contributed by atoms with Crippen molar-refractivity contribution < 1.29 is 27.9 Å². The van der Waals surface area contributed by atoms with E-state index >= 15 is 0 Å². The van der Waals surface area contributed by atoms with E-state index in [0.717, 1.165) is 39.2 Å². The molecule has 6 aromatic rings. The molecule has 19 heteroatoms. The minimum Gasteiger partial charge on any atom is -0.504 e. The number of nitrogens with zero attached hydrogens (tertiary/aromatic N) is 10. The molecule has 54 heavy (non-hydrogen) atoms. The van der Waals surface area contributed by atoms with E-state index in [2.05, 4.69) is 25.5 Å². The molecular formula is C35H33ClF3N11O4. The van der Waals surface area contributed by atoms with E-state index in [-0.39, 0.29) is 77.7 Å². The molecule has 1 fully saturated rings. The Morgan fingerprint density at radius 2 is 1.80 bits per heavy atom. The zero-order valence-electron chi connectivity index (χ0n) is 29.4. The summed E-state index contributed by atoms with van der Waals surface area (Å²) in [5.41, 5.74) is 1.69. The van der Waals surface area contributed by atoms with Gasteiger partial charge in [-0.3, -0.25) is 19.1 Å². The summed E-state index contributed by atoms with van der Waals surface area (Å²) in [6.07, 6.45) is -1.45. The Morgan fingerprint density at radius 3 is 2.48 bits per heavy atom. The van der Waals surface area contributed by atoms with Crippen molar-refractivity contribution in [1.82, 2.24) is 43.8 Å². The smallest absolute Gasteiger partial charge is 0.416 e. The second-order valence-electron chi connectivity index (χ2n) is 12.9. The number of benzene rings is 2. The minimum atomic E-state index is -4.62. The molecule has 7 rings (SSSR count). The number of halogens is 4. The lowest BCUT2D eigenvalue weighted by Crippen LogP contribution is -2.51. The number of nitrogens with one attached hydrogen (secondary N) is 1. The molecule has 0 atom stereocenters. The summed E-state index contributed by atoms with van der Waals surface area (Å²) in [5.74, 6) is -1.14. The molecule has 2 N–H and O–H groups in total. The van der Waals surface area contributed by atoms with Crippen LogP contribution in [0.15, 0.2) is 47.7 Å². The number of aryl methyl sites for hydroxylation is 3. The summed E-state index contributed by atoms with van der Waals surface area (Å²) < 4.78 is 44.2. The highest BCUT2D eigenvalue weighted by molar-refractivity contribution is 6.33. The molecule has 0 bridgehead atoms. The van der Waals surface area contributed by atoms with E-state index in [4.69, 9.17) is 16.6 Å². The molecule has 2 aromatic carbocycles. The number of hydrogen-bond acceptors (Lipinski definition) is 10. The van der Waals surface area contributed by atoms with Crippen LogP contribution in [0.2, 0.25) is 5.02 Å². The average molecular weight is 764 g/mol. The van der Waals surface area contributed by atoms with Gasteiger partial charge in [0.15, 0.2) is 17.3 Å². The highest BCUT2D eigenvalue weighted by atomic mass is 35.5. The Morgan fingerprint density at radius 1 is 1.06 bits per heavy atom. The number of hydrogen-bond donors (Lipinski definition) is 2. The summed E-state index contributed by atoms with van der Waals surface area (Å²) in [4.78, 5) is 57.3. The molecule has 15 nitrogen and oxygen atoms in total. The van der Waals surface area contributed by atoms with Crippen molar-refractivity contribution in [2.24, 2.45) is 7.05 Å². The maximum absolute atomic E-state index is 14.4. The first kappa shape index (κ1) is 36.3. The van der Waals surface area contributed by atoms with Crippen LogP contribution in [0.1, 0.15) is 39.9 Å². The second-order valence-corrected chi connectivity index (χ2v) is 13.3. The number of aromatic nitrogens is 8. The van der Waals surface area contributed by atoms with Gasteiger partial charge in [-0.25, -0.2) is 9.97 Å². The summed E-state index contributed by atoms with van der Waals surface area (Å²) in [7, 11) is 1.82. The van der Waals surface area contributed by atoms with E-state index in [1.54, 1.807) is 22.4 Å². The van der Waals surface area contributed by atoms with E-state index in [1.807, 2.05) is 37.9 Å². The van der Waals surface area contributed by atoms with Gasteiger partial charge in [-0.2, -0.15) is 27.8 Å². The molecule has 4 aromatic heterocycles. The monoisotopic (exact) mass is 763 g/mol. The molecule has 1 saturated heterocycles. The standard InChI is InChI=1S/C35H33ClF3N11O4/c1-5-25-29(47-8-10-48(11-9-47)32(53)28-30(52)19(3)40-17-41-28)33(54)50-34(44-31(45-50)22-13-20-15-42-46(4)26(20)12-18(22)2)49(25)16-27(51)43-24-7-6-21(14-23(24)36)35(37,38)39/h6-7,12-15,17,52H,5,8-11,16H2,1-4H3,(H,43,51). The Kier molecular flexibility index (Phi) is 9.24. The maximum atomic E-state index is 14.4. The summed E-state index contributed by atoms with van der Waals surface area (Å²) in [6, 6.07) is 6.43. The van der Waals surface area contributed by atoms with Crippen molar-refractivity contribution in [3.63, 3.8) is 0 Å². The largest absolute Gasteiger partial charge is 0.504 e. The van der Waals surface area contributed by atoms with Crippen LogP contribution in [-0.4, -0.2) is 86.9 Å². The van der Waals surface area contributed by atoms with Gasteiger partial charge < -0.3 is 24.8 Å². The van der Waals surface area contributed by atoms with Crippen LogP contribution < -0.4 is 15.8 Å². The van der Waals surface area contributed by atoms with Gasteiger partial charge in [0.05, 0.1) is 39.4 Å². The summed E-state index contributed by atoms with van der Waals surface area (Å²) >= 11 is 6.15. The summed E-state index contributed by atoms with van der Waals surface area (Å²) in [5, 5.41) is 22.5. The number of amides is 2. The van der Waals surface area contributed by atoms with Crippen LogP contribution in [0.25, 0.3) is 28.1 Å². The molecular weight excluding hydrogens is 731 g/mol. The van der Waals surface area contributed by atoms with Crippen molar-refractivity contribution >= 4 is 51.5 Å². The lowest BCUT2D eigenvalue weighted by Gasteiger charge is -2.36. The predicted molar refractivity (Wildman–Crippen MR) is 193 cm³/mol. The summed E-state index contributed by atoms with van der Waals surface area (Å²) in [6.45, 7) is 5.66. The van der Waals surface area contributed by atoms with Crippen molar-refractivity contribution in [3.05, 3.63) is 86.4 Å². The van der Waals surface area contributed by atoms with E-state index < -0.39 is 35.7 Å². The molecule has 0 saturated carbocycles. The predicted octanol–water partition coefficient (Wildman–Crippen LogP) is 4.39. The van der Waals surface area contributed by atoms with Gasteiger partial charge in [0.2, 0.25) is 11.7 Å². The van der Waals surface area contributed by atoms with Crippen molar-refractivity contribution in [2.75, 3.05) is 36.4 Å². The molecule has 1 aliphatic heterocycles. The number of piperazine rings is 1. The molecule has 280 valence electrons. The number of carbonyl (C=O) groups excluding carboxylic acids is 2. The Hall–Kier alpha value is -6.04. The lowest BCUT2D eigenvalue weighted by molar-refractivity contribution is -0.137. The number of alkyl halides is 3. The quantitative estimate of drug-likeness (QED) is 0.238. The van der Waals surface area contributed by atoms with Gasteiger partial charge in [-0.1, -0.05) is 18.5 Å². The highest BCUT2D eigenvalue weighted by Crippen LogP contribution is 2.34. The van der Waals surface area contributed by atoms with Gasteiger partial charge in [0.25, 0.3) is 11.5 Å². The number of aromatic hydroxyl groups is 1. The van der Waals surface area contributed by atoms with Crippen LogP contribution in [0.3, 0.4) is 0 Å². The zero-order chi connectivity index (χ0) is 38.6. The Balaban J connectivity index is 1.28. The van der Waals surface area contributed by atoms with E-state index in [1.165, 1.54) is 11.2 Å². The fraction of sp³-hybridized carbons (Fsp3) is 0.314. The van der Waals surface area contributed by atoms with Crippen molar-refractivity contribution in [3.8, 4) is 17.1 Å². The molecule has 5 heterocycles. The topological polar surface area (TPSA) is 169 Å². The third-order valence-electron chi connectivity index (χ3n) is 9.46. The van der Waals surface area contributed by atoms with Gasteiger partial charge in [-0.15, -0.1) is 5.10 Å². The van der Waals surface area contributed by atoms with Gasteiger partial charge >= 0.3 is 6.18 Å². The first-order valence-corrected chi connectivity index (χ1v) is 17.2. The van der Waals surface area contributed by atoms with Crippen LogP contribution >= 0.6 is 11.6 Å². The molecule has 0 aliphatic carbocycles. The van der Waals surface area contributed by atoms with Gasteiger partial charge in [-0.05, 0) is 56.2 Å². The number of fused-ring (bicyclic) bond motifs is 2. The number of anilines is 2. The second kappa shape index (κ2) is 13.7. The van der Waals surface area contributed by atoms with Gasteiger partial charge in [0.1, 0.15) is 18.6 Å². The third kappa shape index (κ3) is 6.46. The van der Waals surface area contributed by atoms with Crippen LogP contribution in [-0.2, 0) is 31.0 Å². The SMILES string of the molecule is CCc1c(N2CCN(C(=O)c3ncnc(C)c3O)CC2)c(=O)n2nc(-c3cc4cnn(C)c4cc3C)nc2n1CC(=O)Nc1ccc(C(F)(F)F)cc1Cl. The molecule has 0 spiro atoms. The first-order chi connectivity index (χ1) is 25.7. The minimum absolute atomic E-state index is 0.0294. The Labute approximate surface area is 309 Å². The molecule has 1 aliphatic rings. The van der Waals surface area contributed by atoms with Gasteiger partial charge in [0, 0.05) is 44.2 Å². The molecule has 0 unspecified atom stereocenters. The fourth-order valence-corrected chi connectivity index (χ4v) is 6.85. The van der Waals surface area contributed by atoms with Crippen molar-refractivity contribution in [2.45, 2.75) is 39.9 Å². The van der Waals surface area contributed by atoms with Crippen LogP contribution in [0.5, 0.6) is 5.75 Å². The number of rotatable bonds is 7. The lowest BCUT2D eigenvalue weighted by atomic mass is 10.1. The molecule has 0 radical (unpaired) electrons. The normalized spacial score (nSPS) is 13.6. The van der Waals surface area contributed by atoms with Crippen LogP contribution in [0.4, 0.5) is 24.5 Å². The fourth-order valence-electron chi connectivity index (χ4n) is 6.62. The van der Waals surface area contributed by atoms with E-state index in [9.17, 15) is 32.7 Å².